The Morgan fingerprint density at radius 3 is 2.58 bits per heavy atom. The van der Waals surface area contributed by atoms with Crippen molar-refractivity contribution in [2.24, 2.45) is 0 Å². The predicted octanol–water partition coefficient (Wildman–Crippen LogP) is 2.37. The van der Waals surface area contributed by atoms with Crippen molar-refractivity contribution in [2.75, 3.05) is 31.3 Å². The average molecular weight is 429 g/mol. The molecule has 1 aromatic carbocycles. The molecule has 2 aromatic heterocycles. The number of rotatable bonds is 4. The van der Waals surface area contributed by atoms with Gasteiger partial charge in [-0.15, -0.1) is 0 Å². The van der Waals surface area contributed by atoms with Crippen LogP contribution in [0.25, 0.3) is 5.69 Å². The molecular formula is C20H21F2N7O2. The predicted molar refractivity (Wildman–Crippen MR) is 107 cm³/mol. The zero-order chi connectivity index (χ0) is 22.0. The fraction of sp³-hybridized carbons (Fsp3) is 0.350. The van der Waals surface area contributed by atoms with Crippen LogP contribution in [0.1, 0.15) is 28.8 Å². The maximum absolute atomic E-state index is 13.7. The van der Waals surface area contributed by atoms with Gasteiger partial charge in [0, 0.05) is 31.8 Å². The Balaban J connectivity index is 1.53. The van der Waals surface area contributed by atoms with Crippen molar-refractivity contribution in [3.63, 3.8) is 0 Å². The number of hydroxylamine groups is 1. The van der Waals surface area contributed by atoms with E-state index in [9.17, 15) is 13.6 Å². The summed E-state index contributed by atoms with van der Waals surface area (Å²) in [6.07, 6.45) is 3.08. The molecule has 3 aromatic rings. The standard InChI is InChI=1S/C20H21F2N7O2/c1-14-13-17(26-19(25-14)20(2,21)22)28-10-9-27(11-12-31-28)18(30)15-5-3-4-6-16(15)29-23-7-8-24-29/h3-8,13H,9-12H2,1-2H3. The fourth-order valence-corrected chi connectivity index (χ4v) is 3.25. The van der Waals surface area contributed by atoms with Gasteiger partial charge in [-0.3, -0.25) is 9.63 Å². The third kappa shape index (κ3) is 4.50. The lowest BCUT2D eigenvalue weighted by Crippen LogP contribution is -2.36. The van der Waals surface area contributed by atoms with Gasteiger partial charge in [-0.25, -0.2) is 15.0 Å². The van der Waals surface area contributed by atoms with Crippen LogP contribution in [0, 0.1) is 6.92 Å². The molecule has 0 spiro atoms. The van der Waals surface area contributed by atoms with E-state index in [1.165, 1.54) is 22.3 Å². The summed E-state index contributed by atoms with van der Waals surface area (Å²) < 4.78 is 27.4. The molecule has 4 rings (SSSR count). The smallest absolute Gasteiger partial charge is 0.303 e. The lowest BCUT2D eigenvalue weighted by atomic mass is 10.1. The molecule has 1 amide bonds. The summed E-state index contributed by atoms with van der Waals surface area (Å²) >= 11 is 0. The quantitative estimate of drug-likeness (QED) is 0.629. The monoisotopic (exact) mass is 429 g/mol. The molecule has 1 fully saturated rings. The minimum atomic E-state index is -3.17. The van der Waals surface area contributed by atoms with E-state index in [1.807, 2.05) is 0 Å². The van der Waals surface area contributed by atoms with Gasteiger partial charge in [0.15, 0.2) is 5.82 Å². The second kappa shape index (κ2) is 8.34. The minimum absolute atomic E-state index is 0.189. The molecule has 1 aliphatic heterocycles. The molecule has 162 valence electrons. The van der Waals surface area contributed by atoms with Crippen molar-refractivity contribution >= 4 is 11.7 Å². The molecule has 0 N–H and O–H groups in total. The topological polar surface area (TPSA) is 89.3 Å². The Kier molecular flexibility index (Phi) is 5.59. The number of carbonyl (C=O) groups is 1. The summed E-state index contributed by atoms with van der Waals surface area (Å²) in [4.78, 5) is 29.7. The first-order valence-electron chi connectivity index (χ1n) is 9.72. The number of alkyl halides is 2. The molecule has 0 atom stereocenters. The first-order valence-corrected chi connectivity index (χ1v) is 9.72. The Hall–Kier alpha value is -3.47. The van der Waals surface area contributed by atoms with E-state index in [-0.39, 0.29) is 24.9 Å². The first kappa shape index (κ1) is 20.8. The first-order chi connectivity index (χ1) is 14.8. The van der Waals surface area contributed by atoms with Crippen LogP contribution in [-0.4, -0.2) is 62.0 Å². The summed E-state index contributed by atoms with van der Waals surface area (Å²) in [6.45, 7) is 3.47. The molecule has 0 saturated carbocycles. The summed E-state index contributed by atoms with van der Waals surface area (Å²) in [5.74, 6) is -3.69. The Bertz CT molecular complexity index is 1070. The van der Waals surface area contributed by atoms with E-state index >= 15 is 0 Å². The van der Waals surface area contributed by atoms with Crippen molar-refractivity contribution in [1.29, 1.82) is 0 Å². The average Bonchev–Trinajstić information content (AvgIpc) is 3.16. The number of halogens is 2. The number of hydrogen-bond acceptors (Lipinski definition) is 7. The lowest BCUT2D eigenvalue weighted by molar-refractivity contribution is 0.00721. The van der Waals surface area contributed by atoms with E-state index in [4.69, 9.17) is 4.84 Å². The van der Waals surface area contributed by atoms with Crippen LogP contribution in [-0.2, 0) is 10.8 Å². The number of aryl methyl sites for hydroxylation is 1. The molecule has 1 saturated heterocycles. The van der Waals surface area contributed by atoms with Crippen LogP contribution in [0.15, 0.2) is 42.7 Å². The van der Waals surface area contributed by atoms with Gasteiger partial charge in [0.25, 0.3) is 5.91 Å². The highest BCUT2D eigenvalue weighted by Gasteiger charge is 2.30. The normalized spacial score (nSPS) is 15.1. The van der Waals surface area contributed by atoms with E-state index in [0.29, 0.717) is 30.0 Å². The molecular weight excluding hydrogens is 408 g/mol. The van der Waals surface area contributed by atoms with Gasteiger partial charge in [0.05, 0.1) is 36.8 Å². The number of amides is 1. The van der Waals surface area contributed by atoms with Crippen LogP contribution in [0.4, 0.5) is 14.6 Å². The number of benzene rings is 1. The maximum Gasteiger partial charge on any atom is 0.303 e. The number of nitrogens with zero attached hydrogens (tertiary/aromatic N) is 7. The number of aromatic nitrogens is 5. The van der Waals surface area contributed by atoms with Gasteiger partial charge in [-0.2, -0.15) is 23.8 Å². The van der Waals surface area contributed by atoms with Gasteiger partial charge in [-0.1, -0.05) is 12.1 Å². The highest BCUT2D eigenvalue weighted by Crippen LogP contribution is 2.26. The van der Waals surface area contributed by atoms with Gasteiger partial charge in [0.1, 0.15) is 0 Å². The van der Waals surface area contributed by atoms with Crippen LogP contribution in [0.2, 0.25) is 0 Å². The van der Waals surface area contributed by atoms with Crippen molar-refractivity contribution in [3.8, 4) is 5.69 Å². The van der Waals surface area contributed by atoms with Crippen LogP contribution in [0.5, 0.6) is 0 Å². The Labute approximate surface area is 177 Å². The number of para-hydroxylation sites is 1. The maximum atomic E-state index is 13.7. The molecule has 1 aliphatic rings. The highest BCUT2D eigenvalue weighted by atomic mass is 19.3. The van der Waals surface area contributed by atoms with Gasteiger partial charge in [0.2, 0.25) is 5.82 Å². The van der Waals surface area contributed by atoms with Gasteiger partial charge >= 0.3 is 5.92 Å². The van der Waals surface area contributed by atoms with Crippen molar-refractivity contribution in [2.45, 2.75) is 19.8 Å². The summed E-state index contributed by atoms with van der Waals surface area (Å²) in [6, 6.07) is 8.64. The van der Waals surface area contributed by atoms with E-state index in [0.717, 1.165) is 6.92 Å². The zero-order valence-corrected chi connectivity index (χ0v) is 17.1. The summed E-state index contributed by atoms with van der Waals surface area (Å²) in [5, 5.41) is 9.64. The summed E-state index contributed by atoms with van der Waals surface area (Å²) in [7, 11) is 0. The number of carbonyl (C=O) groups excluding carboxylic acids is 1. The Morgan fingerprint density at radius 2 is 1.84 bits per heavy atom. The molecule has 0 radical (unpaired) electrons. The van der Waals surface area contributed by atoms with Gasteiger partial charge < -0.3 is 4.90 Å². The minimum Gasteiger partial charge on any atom is -0.334 e. The summed E-state index contributed by atoms with van der Waals surface area (Å²) in [5.41, 5.74) is 1.43. The van der Waals surface area contributed by atoms with E-state index < -0.39 is 11.7 Å². The second-order valence-electron chi connectivity index (χ2n) is 7.14. The number of hydrogen-bond donors (Lipinski definition) is 0. The SMILES string of the molecule is Cc1cc(N2CCN(C(=O)c3ccccc3-n3nccn3)CCO2)nc(C(C)(F)F)n1. The second-order valence-corrected chi connectivity index (χ2v) is 7.14. The van der Waals surface area contributed by atoms with Crippen LogP contribution >= 0.6 is 0 Å². The molecule has 9 nitrogen and oxygen atoms in total. The molecule has 31 heavy (non-hydrogen) atoms. The van der Waals surface area contributed by atoms with E-state index in [2.05, 4.69) is 20.2 Å². The van der Waals surface area contributed by atoms with Gasteiger partial charge in [-0.05, 0) is 19.1 Å². The molecule has 3 heterocycles. The number of anilines is 1. The fourth-order valence-electron chi connectivity index (χ4n) is 3.25. The van der Waals surface area contributed by atoms with Crippen molar-refractivity contribution in [1.82, 2.24) is 29.9 Å². The molecule has 0 aliphatic carbocycles. The Morgan fingerprint density at radius 1 is 1.10 bits per heavy atom. The van der Waals surface area contributed by atoms with Crippen molar-refractivity contribution < 1.29 is 18.4 Å². The zero-order valence-electron chi connectivity index (χ0n) is 17.1. The lowest BCUT2D eigenvalue weighted by Gasteiger charge is -2.23. The largest absolute Gasteiger partial charge is 0.334 e. The molecule has 11 heteroatoms. The third-order valence-electron chi connectivity index (χ3n) is 4.73. The molecule has 0 unspecified atom stereocenters. The third-order valence-corrected chi connectivity index (χ3v) is 4.73. The van der Waals surface area contributed by atoms with Crippen molar-refractivity contribution in [3.05, 3.63) is 59.8 Å². The van der Waals surface area contributed by atoms with Crippen LogP contribution in [0.3, 0.4) is 0 Å². The van der Waals surface area contributed by atoms with Crippen LogP contribution < -0.4 is 5.06 Å². The van der Waals surface area contributed by atoms with E-state index in [1.54, 1.807) is 42.2 Å². The molecule has 0 bridgehead atoms. The highest BCUT2D eigenvalue weighted by molar-refractivity contribution is 5.97.